The molecule has 34 heteroatoms. The molecule has 2 unspecified atom stereocenters. The minimum absolute atomic E-state index is 0.303. The van der Waals surface area contributed by atoms with Crippen molar-refractivity contribution in [2.24, 2.45) is 0 Å². The minimum atomic E-state index is -8.32. The third-order valence-electron chi connectivity index (χ3n) is 7.41. The molecule has 0 aliphatic rings. The topological polar surface area (TPSA) is 66.0 Å². The van der Waals surface area contributed by atoms with Crippen molar-refractivity contribution in [3.8, 4) is 0 Å². The van der Waals surface area contributed by atoms with Crippen LogP contribution in [0.3, 0.4) is 0 Å². The van der Waals surface area contributed by atoms with Crippen LogP contribution in [0.1, 0.15) is 12.8 Å². The van der Waals surface area contributed by atoms with Gasteiger partial charge >= 0.3 is 88.6 Å². The summed E-state index contributed by atoms with van der Waals surface area (Å²) < 4.78 is 344. The van der Waals surface area contributed by atoms with Crippen LogP contribution in [0, 0.1) is 0 Å². The maximum absolute atomic E-state index is 14.5. The molecule has 340 valence electrons. The molecule has 0 spiro atoms. The first-order valence-corrected chi connectivity index (χ1v) is 16.4. The lowest BCUT2D eigenvalue weighted by Gasteiger charge is -2.40. The van der Waals surface area contributed by atoms with Crippen molar-refractivity contribution >= 4 is 45.2 Å². The van der Waals surface area contributed by atoms with Crippen molar-refractivity contribution < 1.29 is 114 Å². The number of hydrogen-bond acceptors (Lipinski definition) is 3. The molecule has 0 fully saturated rings. The zero-order valence-corrected chi connectivity index (χ0v) is 30.9. The Balaban J connectivity index is 3.71. The average molecular weight is 1140 g/mol. The molecule has 6 nitrogen and oxygen atoms in total. The molecule has 0 aromatic carbocycles. The van der Waals surface area contributed by atoms with Crippen LogP contribution in [-0.4, -0.2) is 93.1 Å². The Morgan fingerprint density at radius 1 is 0.414 bits per heavy atom. The van der Waals surface area contributed by atoms with Crippen LogP contribution in [-0.2, 0) is 19.6 Å². The highest BCUT2D eigenvalue weighted by molar-refractivity contribution is 14.1. The lowest BCUT2D eigenvalue weighted by atomic mass is 9.92. The molecular formula is C24H15F26I2N3O3. The molecule has 1 aromatic heterocycles. The van der Waals surface area contributed by atoms with Crippen molar-refractivity contribution in [2.45, 2.75) is 112 Å². The maximum atomic E-state index is 14.5. The molecule has 0 saturated heterocycles. The molecule has 2 atom stereocenters. The number of halogens is 28. The second-order valence-electron chi connectivity index (χ2n) is 11.6. The van der Waals surface area contributed by atoms with E-state index in [1.165, 1.54) is 0 Å². The predicted molar refractivity (Wildman–Crippen MR) is 156 cm³/mol. The summed E-state index contributed by atoms with van der Waals surface area (Å²) >= 11 is 0.844. The highest BCUT2D eigenvalue weighted by Crippen LogP contribution is 2.62. The monoisotopic (exact) mass is 1140 g/mol. The first-order chi connectivity index (χ1) is 25.2. The zero-order chi connectivity index (χ0) is 46.9. The summed E-state index contributed by atoms with van der Waals surface area (Å²) in [5, 5.41) is 0. The minimum Gasteiger partial charge on any atom is -0.247 e. The van der Waals surface area contributed by atoms with Crippen LogP contribution in [0.4, 0.5) is 114 Å². The lowest BCUT2D eigenvalue weighted by Crippen LogP contribution is -2.70. The summed E-state index contributed by atoms with van der Waals surface area (Å²) in [4.78, 5) is 38.4. The van der Waals surface area contributed by atoms with E-state index in [1.54, 1.807) is 0 Å². The number of alkyl halides is 28. The number of nitrogens with zero attached hydrogens (tertiary/aromatic N) is 3. The molecule has 1 heterocycles. The van der Waals surface area contributed by atoms with E-state index >= 15 is 0 Å². The van der Waals surface area contributed by atoms with E-state index in [0.717, 1.165) is 0 Å². The van der Waals surface area contributed by atoms with E-state index in [2.05, 4.69) is 6.58 Å². The van der Waals surface area contributed by atoms with Gasteiger partial charge in [-0.3, -0.25) is 0 Å². The fourth-order valence-electron chi connectivity index (χ4n) is 4.22. The molecule has 0 N–H and O–H groups in total. The fourth-order valence-corrected chi connectivity index (χ4v) is 6.12. The molecule has 0 bridgehead atoms. The molecule has 1 aromatic rings. The SMILES string of the molecule is C=CCn1c(=O)n(CC(I)CC(F)(F)C(F)(F)C(F)(F)C(F)(F)C(F)(F)C(F)(F)F)c(=O)n(CC(I)CC(F)(F)C(F)(F)C(F)(F)C(F)(F)C(F)(F)C(F)(F)F)c1=O. The van der Waals surface area contributed by atoms with Crippen LogP contribution in [0.25, 0.3) is 0 Å². The predicted octanol–water partition coefficient (Wildman–Crippen LogP) is 9.22. The second-order valence-corrected chi connectivity index (χ2v) is 15.1. The lowest BCUT2D eigenvalue weighted by molar-refractivity contribution is -0.440. The van der Waals surface area contributed by atoms with E-state index in [4.69, 9.17) is 0 Å². The average Bonchev–Trinajstić information content (AvgIpc) is 3.01. The highest BCUT2D eigenvalue weighted by atomic mass is 127. The Kier molecular flexibility index (Phi) is 14.8. The largest absolute Gasteiger partial charge is 0.460 e. The van der Waals surface area contributed by atoms with Crippen LogP contribution in [0.2, 0.25) is 0 Å². The molecule has 0 aliphatic carbocycles. The van der Waals surface area contributed by atoms with Crippen molar-refractivity contribution in [2.75, 3.05) is 0 Å². The van der Waals surface area contributed by atoms with E-state index < -0.39 is 138 Å². The van der Waals surface area contributed by atoms with Crippen molar-refractivity contribution in [3.05, 3.63) is 44.1 Å². The van der Waals surface area contributed by atoms with Gasteiger partial charge in [0.05, 0.1) is 6.54 Å². The maximum Gasteiger partial charge on any atom is 0.460 e. The van der Waals surface area contributed by atoms with Gasteiger partial charge in [0, 0.05) is 33.8 Å². The van der Waals surface area contributed by atoms with Gasteiger partial charge in [0.2, 0.25) is 0 Å². The quantitative estimate of drug-likeness (QED) is 0.0638. The molecule has 0 aliphatic heterocycles. The third kappa shape index (κ3) is 8.50. The summed E-state index contributed by atoms with van der Waals surface area (Å²) in [5.74, 6) is -78.7. The van der Waals surface area contributed by atoms with Crippen molar-refractivity contribution in [1.82, 2.24) is 13.7 Å². The van der Waals surface area contributed by atoms with Crippen molar-refractivity contribution in [1.29, 1.82) is 0 Å². The Morgan fingerprint density at radius 2 is 0.638 bits per heavy atom. The Morgan fingerprint density at radius 3 is 0.862 bits per heavy atom. The van der Waals surface area contributed by atoms with Gasteiger partial charge in [-0.2, -0.15) is 114 Å². The van der Waals surface area contributed by atoms with Gasteiger partial charge in [0.1, 0.15) is 0 Å². The summed E-state index contributed by atoms with van der Waals surface area (Å²) in [7, 11) is 0. The van der Waals surface area contributed by atoms with Crippen LogP contribution in [0.15, 0.2) is 27.0 Å². The molecule has 58 heavy (non-hydrogen) atoms. The molecule has 1 rings (SSSR count). The zero-order valence-electron chi connectivity index (χ0n) is 26.6. The molecule has 0 radical (unpaired) electrons. The Labute approximate surface area is 328 Å². The molecule has 0 saturated carbocycles. The number of hydrogen-bond donors (Lipinski definition) is 0. The van der Waals surface area contributed by atoms with E-state index in [1.807, 2.05) is 0 Å². The summed E-state index contributed by atoms with van der Waals surface area (Å²) in [6, 6.07) is 0. The standard InChI is InChI=1S/C24H15F26I2N3O3/c1-2-3-53-10(56)54(6-8(51)4-13(25,26)15(29,30)17(33,34)19(37,38)21(41,42)23(45,46)47)12(58)55(11(53)57)7-9(52)5-14(27,28)16(31,32)18(35,36)20(39,40)22(43,44)24(48,49)50/h2,8-9H,1,3-7H2. The van der Waals surface area contributed by atoms with Crippen LogP contribution < -0.4 is 17.1 Å². The summed E-state index contributed by atoms with van der Waals surface area (Å²) in [6.07, 6.45) is -21.1. The van der Waals surface area contributed by atoms with Gasteiger partial charge < -0.3 is 0 Å². The van der Waals surface area contributed by atoms with E-state index in [0.29, 0.717) is 51.3 Å². The van der Waals surface area contributed by atoms with Crippen molar-refractivity contribution in [3.63, 3.8) is 0 Å². The molecular weight excluding hydrogens is 1130 g/mol. The third-order valence-corrected chi connectivity index (χ3v) is 9.08. The highest BCUT2D eigenvalue weighted by Gasteiger charge is 2.92. The fraction of sp³-hybridized carbons (Fsp3) is 0.792. The Bertz CT molecular complexity index is 1720. The summed E-state index contributed by atoms with van der Waals surface area (Å²) in [6.45, 7) is -2.13. The second kappa shape index (κ2) is 15.9. The first kappa shape index (κ1) is 53.8. The number of aromatic nitrogens is 3. The van der Waals surface area contributed by atoms with Gasteiger partial charge in [-0.05, 0) is 0 Å². The van der Waals surface area contributed by atoms with E-state index in [9.17, 15) is 129 Å². The number of allylic oxidation sites excluding steroid dienone is 1. The summed E-state index contributed by atoms with van der Waals surface area (Å²) in [5.41, 5.74) is -6.56. The van der Waals surface area contributed by atoms with Gasteiger partial charge in [0.25, 0.3) is 0 Å². The van der Waals surface area contributed by atoms with Gasteiger partial charge in [-0.1, -0.05) is 51.3 Å². The molecule has 0 amide bonds. The van der Waals surface area contributed by atoms with Crippen LogP contribution in [0.5, 0.6) is 0 Å². The van der Waals surface area contributed by atoms with Gasteiger partial charge in [-0.25, -0.2) is 28.1 Å². The normalized spacial score (nSPS) is 16.4. The smallest absolute Gasteiger partial charge is 0.247 e. The van der Waals surface area contributed by atoms with Gasteiger partial charge in [0.15, 0.2) is 0 Å². The van der Waals surface area contributed by atoms with Crippen LogP contribution >= 0.6 is 45.2 Å². The Hall–Kier alpha value is -2.21. The number of rotatable bonds is 18. The van der Waals surface area contributed by atoms with Gasteiger partial charge in [-0.15, -0.1) is 6.58 Å². The first-order valence-electron chi connectivity index (χ1n) is 13.9. The van der Waals surface area contributed by atoms with E-state index in [-0.39, 0.29) is 4.57 Å².